The van der Waals surface area contributed by atoms with Crippen LogP contribution in [0.25, 0.3) is 0 Å². The van der Waals surface area contributed by atoms with Crippen LogP contribution in [-0.2, 0) is 9.53 Å². The Kier molecular flexibility index (Phi) is 5.71. The number of non-ortho nitro benzene ring substituents is 1. The number of nitrogens with zero attached hydrogens (tertiary/aromatic N) is 1. The van der Waals surface area contributed by atoms with E-state index in [1.54, 1.807) is 0 Å². The van der Waals surface area contributed by atoms with Crippen LogP contribution < -0.4 is 5.32 Å². The van der Waals surface area contributed by atoms with Crippen molar-refractivity contribution in [3.8, 4) is 0 Å². The maximum Gasteiger partial charge on any atom is 0.340 e. The molecular formula is C17H15ClN2O5. The monoisotopic (exact) mass is 362 g/mol. The summed E-state index contributed by atoms with van der Waals surface area (Å²) in [5, 5.41) is 13.4. The van der Waals surface area contributed by atoms with Gasteiger partial charge in [0.05, 0.1) is 15.5 Å². The van der Waals surface area contributed by atoms with Gasteiger partial charge in [-0.25, -0.2) is 4.79 Å². The highest BCUT2D eigenvalue weighted by molar-refractivity contribution is 6.33. The number of ether oxygens (including phenoxy) is 1. The fourth-order valence-electron chi connectivity index (χ4n) is 2.18. The minimum atomic E-state index is -0.912. The molecule has 0 unspecified atom stereocenters. The van der Waals surface area contributed by atoms with E-state index in [1.807, 2.05) is 32.0 Å². The number of benzene rings is 2. The van der Waals surface area contributed by atoms with Crippen molar-refractivity contribution in [1.82, 2.24) is 0 Å². The number of anilines is 1. The van der Waals surface area contributed by atoms with Gasteiger partial charge >= 0.3 is 5.97 Å². The summed E-state index contributed by atoms with van der Waals surface area (Å²) >= 11 is 5.86. The topological polar surface area (TPSA) is 98.5 Å². The lowest BCUT2D eigenvalue weighted by Gasteiger charge is -2.11. The third kappa shape index (κ3) is 4.54. The predicted molar refractivity (Wildman–Crippen MR) is 92.9 cm³/mol. The van der Waals surface area contributed by atoms with Crippen molar-refractivity contribution in [2.24, 2.45) is 0 Å². The number of para-hydroxylation sites is 1. The van der Waals surface area contributed by atoms with Gasteiger partial charge in [-0.2, -0.15) is 0 Å². The molecule has 8 heteroatoms. The van der Waals surface area contributed by atoms with Crippen molar-refractivity contribution in [2.75, 3.05) is 11.9 Å². The Labute approximate surface area is 148 Å². The van der Waals surface area contributed by atoms with Gasteiger partial charge in [-0.05, 0) is 31.0 Å². The van der Waals surface area contributed by atoms with Gasteiger partial charge in [-0.3, -0.25) is 14.9 Å². The molecule has 0 fully saturated rings. The molecule has 25 heavy (non-hydrogen) atoms. The highest BCUT2D eigenvalue weighted by Gasteiger charge is 2.18. The van der Waals surface area contributed by atoms with Crippen LogP contribution in [0.15, 0.2) is 36.4 Å². The molecule has 7 nitrogen and oxygen atoms in total. The third-order valence-electron chi connectivity index (χ3n) is 3.46. The first kappa shape index (κ1) is 18.4. The summed E-state index contributed by atoms with van der Waals surface area (Å²) in [4.78, 5) is 34.1. The number of rotatable bonds is 5. The number of hydrogen-bond donors (Lipinski definition) is 1. The molecular weight excluding hydrogens is 348 g/mol. The molecule has 0 heterocycles. The first-order valence-corrected chi connectivity index (χ1v) is 7.64. The number of hydrogen-bond acceptors (Lipinski definition) is 5. The van der Waals surface area contributed by atoms with Crippen molar-refractivity contribution in [2.45, 2.75) is 13.8 Å². The average molecular weight is 363 g/mol. The van der Waals surface area contributed by atoms with Crippen LogP contribution in [0.5, 0.6) is 0 Å². The number of carbonyl (C=O) groups excluding carboxylic acids is 2. The third-order valence-corrected chi connectivity index (χ3v) is 3.79. The van der Waals surface area contributed by atoms with Gasteiger partial charge in [-0.1, -0.05) is 29.8 Å². The molecule has 0 spiro atoms. The molecule has 1 N–H and O–H groups in total. The van der Waals surface area contributed by atoms with Gasteiger partial charge in [0.15, 0.2) is 6.61 Å². The highest BCUT2D eigenvalue weighted by atomic mass is 35.5. The summed E-state index contributed by atoms with van der Waals surface area (Å²) in [6.07, 6.45) is 0. The molecule has 0 saturated heterocycles. The van der Waals surface area contributed by atoms with Crippen molar-refractivity contribution in [3.05, 3.63) is 68.2 Å². The molecule has 0 aliphatic carbocycles. The SMILES string of the molecule is Cc1cccc(C)c1NC(=O)COC(=O)c1cc([N+](=O)[O-])ccc1Cl. The number of nitro benzene ring substituents is 1. The van der Waals surface area contributed by atoms with Crippen LogP contribution in [0.1, 0.15) is 21.5 Å². The van der Waals surface area contributed by atoms with E-state index in [9.17, 15) is 19.7 Å². The van der Waals surface area contributed by atoms with Crippen LogP contribution in [0.2, 0.25) is 5.02 Å². The molecule has 0 radical (unpaired) electrons. The Morgan fingerprint density at radius 1 is 1.20 bits per heavy atom. The molecule has 0 aliphatic rings. The summed E-state index contributed by atoms with van der Waals surface area (Å²) in [6, 6.07) is 8.97. The molecule has 0 aromatic heterocycles. The number of nitrogens with one attached hydrogen (secondary N) is 1. The fraction of sp³-hybridized carbons (Fsp3) is 0.176. The van der Waals surface area contributed by atoms with E-state index < -0.39 is 23.4 Å². The van der Waals surface area contributed by atoms with Crippen LogP contribution in [0.4, 0.5) is 11.4 Å². The van der Waals surface area contributed by atoms with E-state index in [1.165, 1.54) is 12.1 Å². The minimum absolute atomic E-state index is 0.00533. The Hall–Kier alpha value is -2.93. The number of nitro groups is 1. The van der Waals surface area contributed by atoms with Crippen LogP contribution >= 0.6 is 11.6 Å². The van der Waals surface area contributed by atoms with Crippen LogP contribution in [-0.4, -0.2) is 23.4 Å². The summed E-state index contributed by atoms with van der Waals surface area (Å²) in [7, 11) is 0. The lowest BCUT2D eigenvalue weighted by molar-refractivity contribution is -0.384. The zero-order valence-corrected chi connectivity index (χ0v) is 14.3. The number of halogens is 1. The van der Waals surface area contributed by atoms with Gasteiger partial charge in [0.2, 0.25) is 0 Å². The standard InChI is InChI=1S/C17H15ClN2O5/c1-10-4-3-5-11(2)16(10)19-15(21)9-25-17(22)13-8-12(20(23)24)6-7-14(13)18/h3-8H,9H2,1-2H3,(H,19,21). The molecule has 0 atom stereocenters. The number of esters is 1. The zero-order chi connectivity index (χ0) is 18.6. The van der Waals surface area contributed by atoms with E-state index in [2.05, 4.69) is 5.32 Å². The molecule has 0 saturated carbocycles. The second kappa shape index (κ2) is 7.76. The molecule has 2 aromatic rings. The van der Waals surface area contributed by atoms with E-state index in [0.29, 0.717) is 5.69 Å². The van der Waals surface area contributed by atoms with Crippen LogP contribution in [0.3, 0.4) is 0 Å². The quantitative estimate of drug-likeness (QED) is 0.497. The Morgan fingerprint density at radius 2 is 1.84 bits per heavy atom. The highest BCUT2D eigenvalue weighted by Crippen LogP contribution is 2.23. The Morgan fingerprint density at radius 3 is 2.44 bits per heavy atom. The zero-order valence-electron chi connectivity index (χ0n) is 13.5. The maximum atomic E-state index is 12.0. The van der Waals surface area contributed by atoms with Crippen molar-refractivity contribution in [1.29, 1.82) is 0 Å². The second-order valence-electron chi connectivity index (χ2n) is 5.31. The molecule has 1 amide bonds. The molecule has 0 aliphatic heterocycles. The van der Waals surface area contributed by atoms with Gasteiger partial charge in [0.1, 0.15) is 0 Å². The van der Waals surface area contributed by atoms with Gasteiger partial charge in [0.25, 0.3) is 11.6 Å². The summed E-state index contributed by atoms with van der Waals surface area (Å²) in [5.41, 5.74) is 1.94. The Balaban J connectivity index is 2.04. The van der Waals surface area contributed by atoms with E-state index in [-0.39, 0.29) is 16.3 Å². The number of amides is 1. The summed E-state index contributed by atoms with van der Waals surface area (Å²) in [6.45, 7) is 3.15. The summed E-state index contributed by atoms with van der Waals surface area (Å²) < 4.78 is 4.90. The average Bonchev–Trinajstić information content (AvgIpc) is 2.56. The van der Waals surface area contributed by atoms with E-state index >= 15 is 0 Å². The largest absolute Gasteiger partial charge is 0.452 e. The number of aryl methyl sites for hydroxylation is 2. The molecule has 2 aromatic carbocycles. The van der Waals surface area contributed by atoms with Gasteiger partial charge < -0.3 is 10.1 Å². The number of carbonyl (C=O) groups is 2. The molecule has 2 rings (SSSR count). The summed E-state index contributed by atoms with van der Waals surface area (Å²) in [5.74, 6) is -1.43. The second-order valence-corrected chi connectivity index (χ2v) is 5.72. The van der Waals surface area contributed by atoms with E-state index in [4.69, 9.17) is 16.3 Å². The molecule has 0 bridgehead atoms. The first-order chi connectivity index (χ1) is 11.8. The first-order valence-electron chi connectivity index (χ1n) is 7.26. The van der Waals surface area contributed by atoms with Crippen molar-refractivity contribution in [3.63, 3.8) is 0 Å². The van der Waals surface area contributed by atoms with Gasteiger partial charge in [0, 0.05) is 17.8 Å². The smallest absolute Gasteiger partial charge is 0.340 e. The predicted octanol–water partition coefficient (Wildman–Crippen LogP) is 3.66. The maximum absolute atomic E-state index is 12.0. The van der Waals surface area contributed by atoms with Crippen molar-refractivity contribution < 1.29 is 19.2 Å². The van der Waals surface area contributed by atoms with Gasteiger partial charge in [-0.15, -0.1) is 0 Å². The normalized spacial score (nSPS) is 10.2. The molecule has 130 valence electrons. The minimum Gasteiger partial charge on any atom is -0.452 e. The fourth-order valence-corrected chi connectivity index (χ4v) is 2.37. The van der Waals surface area contributed by atoms with E-state index in [0.717, 1.165) is 17.2 Å². The van der Waals surface area contributed by atoms with Crippen molar-refractivity contribution >= 4 is 34.9 Å². The Bertz CT molecular complexity index is 831. The lowest BCUT2D eigenvalue weighted by atomic mass is 10.1. The lowest BCUT2D eigenvalue weighted by Crippen LogP contribution is -2.22. The van der Waals surface area contributed by atoms with Crippen LogP contribution in [0, 0.1) is 24.0 Å².